The molecular weight excluding hydrogens is 224 g/mol. The summed E-state index contributed by atoms with van der Waals surface area (Å²) in [4.78, 5) is 12.2. The summed E-state index contributed by atoms with van der Waals surface area (Å²) in [5, 5.41) is 3.05. The number of hydrogen-bond donors (Lipinski definition) is 2. The van der Waals surface area contributed by atoms with Crippen LogP contribution in [0.1, 0.15) is 30.4 Å². The number of nitrogens with one attached hydrogen (secondary N) is 1. The molecule has 18 heavy (non-hydrogen) atoms. The third kappa shape index (κ3) is 1.69. The summed E-state index contributed by atoms with van der Waals surface area (Å²) >= 11 is 0. The molecule has 0 saturated heterocycles. The molecule has 0 aromatic heterocycles. The zero-order chi connectivity index (χ0) is 12.9. The van der Waals surface area contributed by atoms with Crippen LogP contribution in [0, 0.1) is 31.6 Å². The van der Waals surface area contributed by atoms with E-state index in [1.54, 1.807) is 0 Å². The van der Waals surface area contributed by atoms with Crippen LogP contribution in [0.3, 0.4) is 0 Å². The molecule has 1 amide bonds. The molecule has 2 aliphatic rings. The molecule has 3 rings (SSSR count). The molecule has 2 atom stereocenters. The molecule has 0 bridgehead atoms. The number of fused-ring (bicyclic) bond motifs is 1. The van der Waals surface area contributed by atoms with Crippen molar-refractivity contribution in [3.05, 3.63) is 23.3 Å². The summed E-state index contributed by atoms with van der Waals surface area (Å²) in [6.07, 6.45) is 3.75. The quantitative estimate of drug-likeness (QED) is 0.786. The number of nitrogens with two attached hydrogens (primary N) is 1. The highest BCUT2D eigenvalue weighted by molar-refractivity contribution is 5.98. The Bertz CT molecular complexity index is 499. The average Bonchev–Trinajstić information content (AvgIpc) is 2.83. The van der Waals surface area contributed by atoms with Gasteiger partial charge in [0.2, 0.25) is 5.91 Å². The highest BCUT2D eigenvalue weighted by Gasteiger charge is 2.56. The first-order valence-electron chi connectivity index (χ1n) is 6.76. The number of benzene rings is 1. The van der Waals surface area contributed by atoms with Gasteiger partial charge in [-0.3, -0.25) is 4.79 Å². The van der Waals surface area contributed by atoms with Crippen molar-refractivity contribution < 1.29 is 4.79 Å². The van der Waals surface area contributed by atoms with E-state index in [4.69, 9.17) is 5.73 Å². The van der Waals surface area contributed by atoms with Crippen LogP contribution in [0.25, 0.3) is 0 Å². The Hall–Kier alpha value is -1.51. The SMILES string of the molecule is Cc1ccc(N)c(NC(=O)C2C3CCCC32)c1C. The molecule has 3 N–H and O–H groups in total. The van der Waals surface area contributed by atoms with Crippen LogP contribution >= 0.6 is 0 Å². The first-order valence-corrected chi connectivity index (χ1v) is 6.76. The van der Waals surface area contributed by atoms with Gasteiger partial charge in [-0.05, 0) is 55.7 Å². The predicted octanol–water partition coefficient (Wildman–Crippen LogP) is 2.87. The Morgan fingerprint density at radius 2 is 1.94 bits per heavy atom. The smallest absolute Gasteiger partial charge is 0.228 e. The molecule has 0 radical (unpaired) electrons. The predicted molar refractivity (Wildman–Crippen MR) is 73.3 cm³/mol. The van der Waals surface area contributed by atoms with Gasteiger partial charge in [-0.15, -0.1) is 0 Å². The Labute approximate surface area is 108 Å². The molecule has 0 aliphatic heterocycles. The molecule has 2 fully saturated rings. The van der Waals surface area contributed by atoms with Gasteiger partial charge in [0.05, 0.1) is 11.4 Å². The highest BCUT2D eigenvalue weighted by atomic mass is 16.2. The molecular formula is C15H20N2O. The van der Waals surface area contributed by atoms with Crippen LogP contribution in [0.2, 0.25) is 0 Å². The molecule has 1 aromatic carbocycles. The number of carbonyl (C=O) groups excluding carboxylic acids is 1. The van der Waals surface area contributed by atoms with Gasteiger partial charge in [0.1, 0.15) is 0 Å². The van der Waals surface area contributed by atoms with Crippen LogP contribution in [0.4, 0.5) is 11.4 Å². The maximum Gasteiger partial charge on any atom is 0.228 e. The lowest BCUT2D eigenvalue weighted by Crippen LogP contribution is -2.18. The zero-order valence-electron chi connectivity index (χ0n) is 11.0. The van der Waals surface area contributed by atoms with Crippen LogP contribution < -0.4 is 11.1 Å². The number of aryl methyl sites for hydroxylation is 1. The molecule has 0 heterocycles. The van der Waals surface area contributed by atoms with Gasteiger partial charge in [0.25, 0.3) is 0 Å². The first-order chi connectivity index (χ1) is 8.59. The maximum absolute atomic E-state index is 12.2. The molecule has 0 spiro atoms. The summed E-state index contributed by atoms with van der Waals surface area (Å²) in [5.41, 5.74) is 9.67. The fraction of sp³-hybridized carbons (Fsp3) is 0.533. The molecule has 96 valence electrons. The fourth-order valence-electron chi connectivity index (χ4n) is 3.42. The van der Waals surface area contributed by atoms with Crippen molar-refractivity contribution in [3.63, 3.8) is 0 Å². The Balaban J connectivity index is 1.77. The van der Waals surface area contributed by atoms with Crippen LogP contribution in [0.15, 0.2) is 12.1 Å². The second-order valence-electron chi connectivity index (χ2n) is 5.75. The molecule has 2 aliphatic carbocycles. The summed E-state index contributed by atoms with van der Waals surface area (Å²) < 4.78 is 0. The lowest BCUT2D eigenvalue weighted by molar-refractivity contribution is -0.118. The molecule has 2 unspecified atom stereocenters. The van der Waals surface area contributed by atoms with Gasteiger partial charge in [-0.25, -0.2) is 0 Å². The van der Waals surface area contributed by atoms with E-state index >= 15 is 0 Å². The monoisotopic (exact) mass is 244 g/mol. The van der Waals surface area contributed by atoms with E-state index in [0.717, 1.165) is 16.8 Å². The van der Waals surface area contributed by atoms with Crippen LogP contribution in [0.5, 0.6) is 0 Å². The highest BCUT2D eigenvalue weighted by Crippen LogP contribution is 2.57. The average molecular weight is 244 g/mol. The third-order valence-electron chi connectivity index (χ3n) is 4.73. The lowest BCUT2D eigenvalue weighted by Gasteiger charge is -2.14. The van der Waals surface area contributed by atoms with Crippen molar-refractivity contribution in [1.29, 1.82) is 0 Å². The van der Waals surface area contributed by atoms with E-state index in [2.05, 4.69) is 5.32 Å². The van der Waals surface area contributed by atoms with Crippen molar-refractivity contribution in [2.45, 2.75) is 33.1 Å². The van der Waals surface area contributed by atoms with Gasteiger partial charge in [0, 0.05) is 5.92 Å². The topological polar surface area (TPSA) is 55.1 Å². The third-order valence-corrected chi connectivity index (χ3v) is 4.73. The van der Waals surface area contributed by atoms with Crippen LogP contribution in [-0.4, -0.2) is 5.91 Å². The number of hydrogen-bond acceptors (Lipinski definition) is 2. The number of anilines is 2. The zero-order valence-corrected chi connectivity index (χ0v) is 11.0. The Morgan fingerprint density at radius 3 is 2.61 bits per heavy atom. The lowest BCUT2D eigenvalue weighted by atomic mass is 10.1. The minimum Gasteiger partial charge on any atom is -0.397 e. The van der Waals surface area contributed by atoms with Crippen molar-refractivity contribution in [3.8, 4) is 0 Å². The summed E-state index contributed by atoms with van der Waals surface area (Å²) in [6.45, 7) is 4.05. The standard InChI is InChI=1S/C15H20N2O/c1-8-6-7-12(16)14(9(8)2)17-15(18)13-10-4-3-5-11(10)13/h6-7,10-11,13H,3-5,16H2,1-2H3,(H,17,18). The Morgan fingerprint density at radius 1 is 1.28 bits per heavy atom. The normalized spacial score (nSPS) is 28.9. The summed E-state index contributed by atoms with van der Waals surface area (Å²) in [5.74, 6) is 1.72. The first kappa shape index (κ1) is 11.6. The van der Waals surface area contributed by atoms with E-state index in [9.17, 15) is 4.79 Å². The number of rotatable bonds is 2. The summed E-state index contributed by atoms with van der Waals surface area (Å²) in [6, 6.07) is 3.86. The van der Waals surface area contributed by atoms with Gasteiger partial charge in [0.15, 0.2) is 0 Å². The second-order valence-corrected chi connectivity index (χ2v) is 5.75. The van der Waals surface area contributed by atoms with Crippen molar-refractivity contribution in [1.82, 2.24) is 0 Å². The maximum atomic E-state index is 12.2. The minimum atomic E-state index is 0.171. The number of amides is 1. The van der Waals surface area contributed by atoms with E-state index < -0.39 is 0 Å². The van der Waals surface area contributed by atoms with Gasteiger partial charge >= 0.3 is 0 Å². The van der Waals surface area contributed by atoms with Crippen molar-refractivity contribution in [2.75, 3.05) is 11.1 Å². The molecule has 3 heteroatoms. The fourth-order valence-corrected chi connectivity index (χ4v) is 3.42. The molecule has 1 aromatic rings. The van der Waals surface area contributed by atoms with Crippen molar-refractivity contribution >= 4 is 17.3 Å². The van der Waals surface area contributed by atoms with Gasteiger partial charge in [-0.1, -0.05) is 12.5 Å². The van der Waals surface area contributed by atoms with Crippen molar-refractivity contribution in [2.24, 2.45) is 17.8 Å². The largest absolute Gasteiger partial charge is 0.397 e. The second kappa shape index (κ2) is 4.01. The summed E-state index contributed by atoms with van der Waals surface area (Å²) in [7, 11) is 0. The van der Waals surface area contributed by atoms with Gasteiger partial charge in [-0.2, -0.15) is 0 Å². The van der Waals surface area contributed by atoms with E-state index in [-0.39, 0.29) is 11.8 Å². The van der Waals surface area contributed by atoms with Gasteiger partial charge < -0.3 is 11.1 Å². The molecule has 3 nitrogen and oxygen atoms in total. The minimum absolute atomic E-state index is 0.171. The van der Waals surface area contributed by atoms with Crippen LogP contribution in [-0.2, 0) is 4.79 Å². The Kier molecular flexibility index (Phi) is 2.58. The molecule has 2 saturated carbocycles. The number of carbonyl (C=O) groups is 1. The number of nitrogen functional groups attached to an aromatic ring is 1. The van der Waals surface area contributed by atoms with E-state index in [0.29, 0.717) is 17.5 Å². The van der Waals surface area contributed by atoms with E-state index in [1.165, 1.54) is 19.3 Å². The van der Waals surface area contributed by atoms with E-state index in [1.807, 2.05) is 26.0 Å².